The van der Waals surface area contributed by atoms with Crippen molar-refractivity contribution in [3.05, 3.63) is 83.6 Å². The number of carbonyl (C=O) groups is 4. The van der Waals surface area contributed by atoms with Crippen molar-refractivity contribution in [3.8, 4) is 17.0 Å². The lowest BCUT2D eigenvalue weighted by molar-refractivity contribution is -0.137. The lowest BCUT2D eigenvalue weighted by Crippen LogP contribution is -2.52. The molecule has 0 spiro atoms. The summed E-state index contributed by atoms with van der Waals surface area (Å²) in [6.45, 7) is 2.51. The van der Waals surface area contributed by atoms with E-state index in [9.17, 15) is 33.1 Å². The number of nitrogens with zero attached hydrogens (tertiary/aromatic N) is 4. The number of halogens is 4. The molecule has 5 amide bonds. The van der Waals surface area contributed by atoms with E-state index in [1.165, 1.54) is 35.4 Å². The van der Waals surface area contributed by atoms with Crippen LogP contribution in [-0.2, 0) is 30.3 Å². The predicted molar refractivity (Wildman–Crippen MR) is 203 cm³/mol. The standard InChI is InChI=1S/C40H47F4N7O8/c1-24(23-59-40(56)46-8-12-58-13-9-50-35(53)4-5-36(50)54)47-39(55)51(21-27-18-45-19-33(27)44)37(26-6-10-57-11-7-26)38-48-34(31-17-28(41)2-3-32(31)43)22-49(38)20-25-14-29(42)16-30(52)15-25/h2-5,14-17,22,24,26-27,33,37,45,52H,6-13,18-21,23H2,1H3,(H,46,56)(H,47,55). The number of urea groups is 1. The largest absolute Gasteiger partial charge is 0.508 e. The number of hydrogen-bond acceptors (Lipinski definition) is 10. The molecule has 3 aliphatic heterocycles. The fourth-order valence-electron chi connectivity index (χ4n) is 7.35. The van der Waals surface area contributed by atoms with Crippen LogP contribution in [-0.4, -0.2) is 126 Å². The van der Waals surface area contributed by atoms with E-state index < -0.39 is 65.6 Å². The number of aromatic hydroxyl groups is 1. The maximum atomic E-state index is 15.3. The Bertz CT molecular complexity index is 1970. The summed E-state index contributed by atoms with van der Waals surface area (Å²) in [5.74, 6) is -4.06. The number of nitrogens with one attached hydrogen (secondary N) is 3. The fourth-order valence-corrected chi connectivity index (χ4v) is 7.35. The highest BCUT2D eigenvalue weighted by Crippen LogP contribution is 2.38. The molecule has 0 saturated carbocycles. The Hall–Kier alpha value is -5.53. The number of aromatic nitrogens is 2. The first kappa shape index (κ1) is 43.1. The van der Waals surface area contributed by atoms with E-state index in [2.05, 4.69) is 16.0 Å². The van der Waals surface area contributed by atoms with Gasteiger partial charge in [-0.3, -0.25) is 14.5 Å². The number of alkyl halides is 1. The number of phenols is 1. The predicted octanol–water partition coefficient (Wildman–Crippen LogP) is 3.81. The Balaban J connectivity index is 1.21. The second-order valence-corrected chi connectivity index (χ2v) is 14.7. The van der Waals surface area contributed by atoms with E-state index in [1.807, 2.05) is 0 Å². The molecule has 0 aliphatic carbocycles. The lowest BCUT2D eigenvalue weighted by atomic mass is 9.89. The molecule has 4 N–H and O–H groups in total. The Kier molecular flexibility index (Phi) is 14.6. The van der Waals surface area contributed by atoms with Gasteiger partial charge in [0, 0.05) is 81.8 Å². The van der Waals surface area contributed by atoms with Gasteiger partial charge in [-0.2, -0.15) is 0 Å². The number of carbonyl (C=O) groups excluding carboxylic acids is 4. The number of imidazole rings is 1. The van der Waals surface area contributed by atoms with Gasteiger partial charge in [0.05, 0.1) is 37.5 Å². The van der Waals surface area contributed by atoms with Gasteiger partial charge >= 0.3 is 12.1 Å². The molecular weight excluding hydrogens is 782 g/mol. The number of hydrogen-bond donors (Lipinski definition) is 4. The number of alkyl carbamates (subject to hydrolysis) is 1. The van der Waals surface area contributed by atoms with Crippen molar-refractivity contribution in [2.24, 2.45) is 11.8 Å². The zero-order valence-corrected chi connectivity index (χ0v) is 32.4. The van der Waals surface area contributed by atoms with E-state index in [4.69, 9.17) is 19.2 Å². The molecule has 4 atom stereocenters. The zero-order valence-electron chi connectivity index (χ0n) is 32.4. The summed E-state index contributed by atoms with van der Waals surface area (Å²) < 4.78 is 77.5. The number of benzene rings is 2. The maximum Gasteiger partial charge on any atom is 0.407 e. The van der Waals surface area contributed by atoms with Gasteiger partial charge in [0.15, 0.2) is 0 Å². The highest BCUT2D eigenvalue weighted by Gasteiger charge is 2.40. The Morgan fingerprint density at radius 3 is 2.53 bits per heavy atom. The second-order valence-electron chi connectivity index (χ2n) is 14.7. The average Bonchev–Trinajstić information content (AvgIpc) is 3.90. The molecule has 2 saturated heterocycles. The summed E-state index contributed by atoms with van der Waals surface area (Å²) in [5, 5.41) is 18.6. The van der Waals surface area contributed by atoms with Gasteiger partial charge < -0.3 is 44.7 Å². The summed E-state index contributed by atoms with van der Waals surface area (Å²) in [6, 6.07) is 4.17. The number of rotatable bonds is 17. The van der Waals surface area contributed by atoms with Crippen LogP contribution in [0.15, 0.2) is 54.7 Å². The van der Waals surface area contributed by atoms with Crippen molar-refractivity contribution >= 4 is 23.9 Å². The number of amides is 5. The van der Waals surface area contributed by atoms with E-state index in [1.54, 1.807) is 11.5 Å². The van der Waals surface area contributed by atoms with Crippen LogP contribution in [0.3, 0.4) is 0 Å². The lowest BCUT2D eigenvalue weighted by Gasteiger charge is -2.40. The minimum atomic E-state index is -1.29. The Labute approximate surface area is 337 Å². The van der Waals surface area contributed by atoms with Crippen molar-refractivity contribution in [1.29, 1.82) is 0 Å². The monoisotopic (exact) mass is 829 g/mol. The third-order valence-electron chi connectivity index (χ3n) is 10.3. The first-order valence-electron chi connectivity index (χ1n) is 19.4. The van der Waals surface area contributed by atoms with Crippen LogP contribution in [0.25, 0.3) is 11.3 Å². The van der Waals surface area contributed by atoms with Crippen molar-refractivity contribution in [1.82, 2.24) is 35.3 Å². The summed E-state index contributed by atoms with van der Waals surface area (Å²) in [7, 11) is 0. The van der Waals surface area contributed by atoms with Gasteiger partial charge in [0.2, 0.25) is 0 Å². The smallest absolute Gasteiger partial charge is 0.407 e. The van der Waals surface area contributed by atoms with Crippen LogP contribution in [0.5, 0.6) is 5.75 Å². The molecule has 3 aromatic rings. The zero-order chi connectivity index (χ0) is 42.1. The first-order valence-corrected chi connectivity index (χ1v) is 19.4. The van der Waals surface area contributed by atoms with E-state index in [-0.39, 0.29) is 87.8 Å². The van der Waals surface area contributed by atoms with Crippen molar-refractivity contribution in [3.63, 3.8) is 0 Å². The first-order chi connectivity index (χ1) is 28.4. The average molecular weight is 830 g/mol. The number of phenolic OH excluding ortho intramolecular Hbond substituents is 1. The maximum absolute atomic E-state index is 15.3. The van der Waals surface area contributed by atoms with Gasteiger partial charge in [-0.05, 0) is 61.6 Å². The van der Waals surface area contributed by atoms with Gasteiger partial charge in [0.1, 0.15) is 41.8 Å². The van der Waals surface area contributed by atoms with Crippen molar-refractivity contribution in [2.75, 3.05) is 65.8 Å². The molecule has 2 aromatic carbocycles. The molecule has 15 nitrogen and oxygen atoms in total. The molecule has 59 heavy (non-hydrogen) atoms. The third-order valence-corrected chi connectivity index (χ3v) is 10.3. The topological polar surface area (TPSA) is 177 Å². The number of ether oxygens (including phenoxy) is 3. The molecule has 1 aromatic heterocycles. The quantitative estimate of drug-likeness (QED) is 0.0890. The van der Waals surface area contributed by atoms with Crippen LogP contribution in [0.1, 0.15) is 37.2 Å². The third kappa shape index (κ3) is 11.4. The minimum absolute atomic E-state index is 0.0354. The summed E-state index contributed by atoms with van der Waals surface area (Å²) in [4.78, 5) is 57.6. The van der Waals surface area contributed by atoms with Crippen LogP contribution < -0.4 is 16.0 Å². The molecule has 2 fully saturated rings. The van der Waals surface area contributed by atoms with Gasteiger partial charge in [0.25, 0.3) is 11.8 Å². The molecule has 0 bridgehead atoms. The summed E-state index contributed by atoms with van der Waals surface area (Å²) in [6.07, 6.45) is 2.66. The molecule has 3 aliphatic rings. The van der Waals surface area contributed by atoms with Gasteiger partial charge in [-0.25, -0.2) is 32.1 Å². The highest BCUT2D eigenvalue weighted by molar-refractivity contribution is 6.12. The van der Waals surface area contributed by atoms with Crippen LogP contribution in [0.2, 0.25) is 0 Å². The summed E-state index contributed by atoms with van der Waals surface area (Å²) >= 11 is 0. The van der Waals surface area contributed by atoms with Crippen molar-refractivity contribution in [2.45, 2.75) is 44.6 Å². The van der Waals surface area contributed by atoms with Gasteiger partial charge in [-0.1, -0.05) is 0 Å². The molecule has 318 valence electrons. The highest BCUT2D eigenvalue weighted by atomic mass is 19.1. The van der Waals surface area contributed by atoms with Crippen LogP contribution in [0.4, 0.5) is 27.2 Å². The van der Waals surface area contributed by atoms with Crippen LogP contribution >= 0.6 is 0 Å². The molecule has 4 unspecified atom stereocenters. The molecule has 6 rings (SSSR count). The van der Waals surface area contributed by atoms with E-state index in [0.29, 0.717) is 31.6 Å². The Morgan fingerprint density at radius 1 is 1.05 bits per heavy atom. The summed E-state index contributed by atoms with van der Waals surface area (Å²) in [5.41, 5.74) is 0.204. The molecule has 19 heteroatoms. The molecule has 0 radical (unpaired) electrons. The van der Waals surface area contributed by atoms with Crippen molar-refractivity contribution < 1.29 is 56.1 Å². The fraction of sp³-hybridized carbons (Fsp3) is 0.475. The van der Waals surface area contributed by atoms with E-state index in [0.717, 1.165) is 29.2 Å². The normalized spacial score (nSPS) is 19.2. The Morgan fingerprint density at radius 2 is 1.81 bits per heavy atom. The second kappa shape index (κ2) is 20.0. The van der Waals surface area contributed by atoms with Crippen LogP contribution in [0, 0.1) is 29.3 Å². The SMILES string of the molecule is CC(COC(=O)NCCOCCN1C(=O)C=CC1=O)NC(=O)N(CC1CNCC1F)C(c1nc(-c2cc(F)ccc2F)cn1Cc1cc(O)cc(F)c1)C1CCOCC1. The number of imide groups is 1. The van der Waals surface area contributed by atoms with E-state index >= 15 is 8.78 Å². The molecular formula is C40H47F4N7O8. The molecule has 4 heterocycles. The minimum Gasteiger partial charge on any atom is -0.508 e. The van der Waals surface area contributed by atoms with Gasteiger partial charge in [-0.15, -0.1) is 0 Å².